The van der Waals surface area contributed by atoms with E-state index in [0.717, 1.165) is 25.2 Å². The van der Waals surface area contributed by atoms with Gasteiger partial charge in [-0.05, 0) is 17.7 Å². The number of nitrogens with zero attached hydrogens (tertiary/aromatic N) is 4. The molecule has 0 spiro atoms. The Morgan fingerprint density at radius 3 is 2.65 bits per heavy atom. The standard InChI is InChI=1S/C16H22N6O/c17-3-6-21-7-9-22(10-8-21)16(23)15(11-18)13-20-12-14-1-4-19-5-2-14/h1-2,4-5,13,20H,3,6-10,12,17H2/b15-13-. The molecule has 2 heterocycles. The second-order valence-corrected chi connectivity index (χ2v) is 5.33. The summed E-state index contributed by atoms with van der Waals surface area (Å²) in [4.78, 5) is 20.3. The molecule has 0 radical (unpaired) electrons. The lowest BCUT2D eigenvalue weighted by Crippen LogP contribution is -2.50. The highest BCUT2D eigenvalue weighted by atomic mass is 16.2. The lowest BCUT2D eigenvalue weighted by molar-refractivity contribution is -0.128. The van der Waals surface area contributed by atoms with Gasteiger partial charge in [-0.3, -0.25) is 14.7 Å². The van der Waals surface area contributed by atoms with Crippen molar-refractivity contribution in [3.63, 3.8) is 0 Å². The van der Waals surface area contributed by atoms with Crippen molar-refractivity contribution in [1.82, 2.24) is 20.1 Å². The van der Waals surface area contributed by atoms with Crippen molar-refractivity contribution in [2.24, 2.45) is 5.73 Å². The van der Waals surface area contributed by atoms with Crippen LogP contribution in [0.15, 0.2) is 36.3 Å². The number of hydrogen-bond donors (Lipinski definition) is 2. The molecule has 1 saturated heterocycles. The van der Waals surface area contributed by atoms with E-state index in [2.05, 4.69) is 15.2 Å². The third kappa shape index (κ3) is 5.06. The van der Waals surface area contributed by atoms with Gasteiger partial charge >= 0.3 is 0 Å². The van der Waals surface area contributed by atoms with E-state index < -0.39 is 0 Å². The molecule has 3 N–H and O–H groups in total. The summed E-state index contributed by atoms with van der Waals surface area (Å²) in [5.41, 5.74) is 6.71. The van der Waals surface area contributed by atoms with Gasteiger partial charge in [0.15, 0.2) is 0 Å². The number of pyridine rings is 1. The van der Waals surface area contributed by atoms with Crippen LogP contribution >= 0.6 is 0 Å². The Bertz CT molecular complexity index is 572. The summed E-state index contributed by atoms with van der Waals surface area (Å²) in [5, 5.41) is 12.2. The molecule has 1 aliphatic heterocycles. The average molecular weight is 314 g/mol. The quantitative estimate of drug-likeness (QED) is 0.552. The van der Waals surface area contributed by atoms with E-state index >= 15 is 0 Å². The van der Waals surface area contributed by atoms with Crippen LogP contribution in [0.1, 0.15) is 5.56 Å². The summed E-state index contributed by atoms with van der Waals surface area (Å²) in [5.74, 6) is -0.220. The second-order valence-electron chi connectivity index (χ2n) is 5.33. The molecule has 122 valence electrons. The molecule has 0 unspecified atom stereocenters. The second kappa shape index (κ2) is 8.88. The number of nitrogens with one attached hydrogen (secondary N) is 1. The van der Waals surface area contributed by atoms with Crippen molar-refractivity contribution in [3.8, 4) is 6.07 Å². The first-order chi connectivity index (χ1) is 11.2. The number of nitriles is 1. The predicted octanol–water partition coefficient (Wildman–Crippen LogP) is -0.318. The third-order valence-corrected chi connectivity index (χ3v) is 3.76. The molecule has 7 nitrogen and oxygen atoms in total. The molecule has 0 bridgehead atoms. The minimum atomic E-state index is -0.220. The van der Waals surface area contributed by atoms with Gasteiger partial charge in [0.05, 0.1) is 0 Å². The maximum Gasteiger partial charge on any atom is 0.266 e. The number of rotatable bonds is 6. The van der Waals surface area contributed by atoms with Crippen LogP contribution in [0, 0.1) is 11.3 Å². The predicted molar refractivity (Wildman–Crippen MR) is 86.8 cm³/mol. The van der Waals surface area contributed by atoms with Gasteiger partial charge in [0.25, 0.3) is 5.91 Å². The van der Waals surface area contributed by atoms with Gasteiger partial charge in [-0.2, -0.15) is 5.26 Å². The van der Waals surface area contributed by atoms with E-state index in [1.807, 2.05) is 18.2 Å². The van der Waals surface area contributed by atoms with Crippen molar-refractivity contribution in [2.45, 2.75) is 6.54 Å². The normalized spacial score (nSPS) is 16.0. The first-order valence-electron chi connectivity index (χ1n) is 7.69. The Morgan fingerprint density at radius 2 is 2.04 bits per heavy atom. The Morgan fingerprint density at radius 1 is 1.35 bits per heavy atom. The van der Waals surface area contributed by atoms with Crippen LogP contribution in [-0.2, 0) is 11.3 Å². The number of piperazine rings is 1. The maximum atomic E-state index is 12.4. The number of hydrogen-bond acceptors (Lipinski definition) is 6. The molecule has 0 saturated carbocycles. The molecule has 0 aliphatic carbocycles. The van der Waals surface area contributed by atoms with Gasteiger partial charge in [-0.1, -0.05) is 0 Å². The number of amides is 1. The highest BCUT2D eigenvalue weighted by Gasteiger charge is 2.23. The van der Waals surface area contributed by atoms with E-state index in [1.165, 1.54) is 6.20 Å². The summed E-state index contributed by atoms with van der Waals surface area (Å²) in [7, 11) is 0. The fourth-order valence-electron chi connectivity index (χ4n) is 2.44. The zero-order valence-electron chi connectivity index (χ0n) is 13.1. The van der Waals surface area contributed by atoms with Crippen LogP contribution < -0.4 is 11.1 Å². The zero-order chi connectivity index (χ0) is 16.5. The first-order valence-corrected chi connectivity index (χ1v) is 7.69. The SMILES string of the molecule is N#C/C(=C/NCc1ccncc1)C(=O)N1CCN(CCN)CC1. The first kappa shape index (κ1) is 16.9. The Labute approximate surface area is 136 Å². The smallest absolute Gasteiger partial charge is 0.266 e. The molecule has 0 atom stereocenters. The average Bonchev–Trinajstić information content (AvgIpc) is 2.60. The summed E-state index contributed by atoms with van der Waals surface area (Å²) in [6.45, 7) is 4.86. The fraction of sp³-hybridized carbons (Fsp3) is 0.438. The van der Waals surface area contributed by atoms with Crippen LogP contribution in [0.25, 0.3) is 0 Å². The molecule has 1 fully saturated rings. The molecule has 23 heavy (non-hydrogen) atoms. The molecular weight excluding hydrogens is 292 g/mol. The van der Waals surface area contributed by atoms with E-state index in [9.17, 15) is 10.1 Å². The minimum Gasteiger partial charge on any atom is -0.386 e. The minimum absolute atomic E-state index is 0.131. The number of carbonyl (C=O) groups excluding carboxylic acids is 1. The molecular formula is C16H22N6O. The number of nitrogens with two attached hydrogens (primary N) is 1. The summed E-state index contributed by atoms with van der Waals surface area (Å²) in [6.07, 6.45) is 4.91. The van der Waals surface area contributed by atoms with Crippen molar-refractivity contribution < 1.29 is 4.79 Å². The van der Waals surface area contributed by atoms with Gasteiger partial charge in [-0.25, -0.2) is 0 Å². The van der Waals surface area contributed by atoms with E-state index in [-0.39, 0.29) is 11.5 Å². The topological polar surface area (TPSA) is 98.3 Å². The van der Waals surface area contributed by atoms with Gasteiger partial charge in [0.2, 0.25) is 0 Å². The van der Waals surface area contributed by atoms with Crippen molar-refractivity contribution in [1.29, 1.82) is 5.26 Å². The Balaban J connectivity index is 1.86. The lowest BCUT2D eigenvalue weighted by atomic mass is 10.2. The van der Waals surface area contributed by atoms with Crippen LogP contribution in [0.4, 0.5) is 0 Å². The van der Waals surface area contributed by atoms with Crippen molar-refractivity contribution in [2.75, 3.05) is 39.3 Å². The van der Waals surface area contributed by atoms with Crippen molar-refractivity contribution in [3.05, 3.63) is 41.9 Å². The van der Waals surface area contributed by atoms with E-state index in [0.29, 0.717) is 26.2 Å². The number of carbonyl (C=O) groups is 1. The van der Waals surface area contributed by atoms with Gasteiger partial charge in [0, 0.05) is 64.4 Å². The van der Waals surface area contributed by atoms with E-state index in [4.69, 9.17) is 5.73 Å². The van der Waals surface area contributed by atoms with Crippen LogP contribution in [0.3, 0.4) is 0 Å². The summed E-state index contributed by atoms with van der Waals surface area (Å²) >= 11 is 0. The molecule has 0 aromatic carbocycles. The Hall–Kier alpha value is -2.43. The largest absolute Gasteiger partial charge is 0.386 e. The van der Waals surface area contributed by atoms with Crippen LogP contribution in [0.5, 0.6) is 0 Å². The highest BCUT2D eigenvalue weighted by Crippen LogP contribution is 2.06. The summed E-state index contributed by atoms with van der Waals surface area (Å²) < 4.78 is 0. The van der Waals surface area contributed by atoms with E-state index in [1.54, 1.807) is 17.3 Å². The van der Waals surface area contributed by atoms with Gasteiger partial charge < -0.3 is 16.0 Å². The highest BCUT2D eigenvalue weighted by molar-refractivity contribution is 5.97. The number of aromatic nitrogens is 1. The fourth-order valence-corrected chi connectivity index (χ4v) is 2.44. The molecule has 2 rings (SSSR count). The molecule has 1 aliphatic rings. The summed E-state index contributed by atoms with van der Waals surface area (Å²) in [6, 6.07) is 5.74. The van der Waals surface area contributed by atoms with Crippen LogP contribution in [-0.4, -0.2) is 60.0 Å². The molecule has 1 aromatic heterocycles. The lowest BCUT2D eigenvalue weighted by Gasteiger charge is -2.34. The monoisotopic (exact) mass is 314 g/mol. The Kier molecular flexibility index (Phi) is 6.54. The third-order valence-electron chi connectivity index (χ3n) is 3.76. The maximum absolute atomic E-state index is 12.4. The zero-order valence-corrected chi connectivity index (χ0v) is 13.1. The molecule has 1 aromatic rings. The molecule has 7 heteroatoms. The van der Waals surface area contributed by atoms with Crippen molar-refractivity contribution >= 4 is 5.91 Å². The van der Waals surface area contributed by atoms with Gasteiger partial charge in [0.1, 0.15) is 11.6 Å². The molecule has 1 amide bonds. The van der Waals surface area contributed by atoms with Gasteiger partial charge in [-0.15, -0.1) is 0 Å². The van der Waals surface area contributed by atoms with Crippen LogP contribution in [0.2, 0.25) is 0 Å².